The molecule has 2 aromatic rings. The number of likely N-dealkylation sites (tertiary alicyclic amines) is 1. The first kappa shape index (κ1) is 17.0. The number of hydrogen-bond donors (Lipinski definition) is 0. The lowest BCUT2D eigenvalue weighted by Crippen LogP contribution is -2.54. The van der Waals surface area contributed by atoms with Gasteiger partial charge in [-0.1, -0.05) is 0 Å². The molecule has 2 aliphatic heterocycles. The van der Waals surface area contributed by atoms with E-state index in [2.05, 4.69) is 15.9 Å². The highest BCUT2D eigenvalue weighted by Gasteiger charge is 2.45. The largest absolute Gasteiger partial charge is 0.356 e. The van der Waals surface area contributed by atoms with Crippen molar-refractivity contribution in [2.45, 2.75) is 51.5 Å². The number of piperidine rings is 2. The molecule has 5 rings (SSSR count). The third-order valence-corrected chi connectivity index (χ3v) is 6.63. The van der Waals surface area contributed by atoms with Gasteiger partial charge in [-0.25, -0.2) is 9.37 Å². The van der Waals surface area contributed by atoms with Crippen molar-refractivity contribution in [3.63, 3.8) is 0 Å². The second kappa shape index (κ2) is 6.18. The number of fused-ring (bicyclic) bond motifs is 1. The minimum atomic E-state index is -0.218. The molecule has 0 bridgehead atoms. The van der Waals surface area contributed by atoms with Crippen LogP contribution in [0.2, 0.25) is 0 Å². The number of amides is 1. The van der Waals surface area contributed by atoms with Gasteiger partial charge in [-0.15, -0.1) is 0 Å². The molecule has 0 unspecified atom stereocenters. The molecule has 1 aromatic carbocycles. The van der Waals surface area contributed by atoms with E-state index in [4.69, 9.17) is 4.98 Å². The second-order valence-electron chi connectivity index (χ2n) is 8.74. The summed E-state index contributed by atoms with van der Waals surface area (Å²) in [6.45, 7) is 4.90. The number of pyridine rings is 1. The van der Waals surface area contributed by atoms with Gasteiger partial charge in [0.2, 0.25) is 5.91 Å². The molecule has 4 nitrogen and oxygen atoms in total. The zero-order valence-electron chi connectivity index (χ0n) is 15.9. The maximum absolute atomic E-state index is 13.6. The zero-order valence-corrected chi connectivity index (χ0v) is 15.9. The van der Waals surface area contributed by atoms with Crippen LogP contribution in [-0.2, 0) is 4.79 Å². The monoisotopic (exact) mass is 367 g/mol. The number of rotatable bonds is 2. The van der Waals surface area contributed by atoms with Crippen LogP contribution in [0.1, 0.15) is 44.1 Å². The third kappa shape index (κ3) is 3.07. The van der Waals surface area contributed by atoms with Crippen molar-refractivity contribution in [3.05, 3.63) is 35.6 Å². The van der Waals surface area contributed by atoms with Crippen LogP contribution in [-0.4, -0.2) is 41.5 Å². The second-order valence-corrected chi connectivity index (χ2v) is 8.74. The van der Waals surface area contributed by atoms with Crippen LogP contribution in [0.25, 0.3) is 10.9 Å². The van der Waals surface area contributed by atoms with Crippen LogP contribution in [0.5, 0.6) is 0 Å². The molecule has 142 valence electrons. The van der Waals surface area contributed by atoms with E-state index in [-0.39, 0.29) is 11.2 Å². The first-order chi connectivity index (χ1) is 13.0. The first-order valence-corrected chi connectivity index (χ1v) is 10.1. The molecule has 3 fully saturated rings. The van der Waals surface area contributed by atoms with Crippen LogP contribution >= 0.6 is 0 Å². The Morgan fingerprint density at radius 1 is 1.19 bits per heavy atom. The van der Waals surface area contributed by atoms with E-state index in [1.807, 2.05) is 6.92 Å². The Hall–Kier alpha value is -2.17. The van der Waals surface area contributed by atoms with E-state index < -0.39 is 0 Å². The van der Waals surface area contributed by atoms with Crippen molar-refractivity contribution in [3.8, 4) is 0 Å². The molecule has 5 heteroatoms. The van der Waals surface area contributed by atoms with Gasteiger partial charge in [0.05, 0.1) is 5.52 Å². The van der Waals surface area contributed by atoms with Gasteiger partial charge in [-0.2, -0.15) is 0 Å². The van der Waals surface area contributed by atoms with E-state index >= 15 is 0 Å². The van der Waals surface area contributed by atoms with Crippen molar-refractivity contribution in [2.75, 3.05) is 24.5 Å². The van der Waals surface area contributed by atoms with Crippen molar-refractivity contribution in [1.29, 1.82) is 0 Å². The number of anilines is 1. The summed E-state index contributed by atoms with van der Waals surface area (Å²) in [5.41, 5.74) is 2.11. The molecule has 3 heterocycles. The molecule has 27 heavy (non-hydrogen) atoms. The topological polar surface area (TPSA) is 36.4 Å². The molecule has 0 radical (unpaired) electrons. The Morgan fingerprint density at radius 3 is 2.85 bits per heavy atom. The summed E-state index contributed by atoms with van der Waals surface area (Å²) in [6, 6.07) is 7.42. The van der Waals surface area contributed by atoms with Crippen LogP contribution in [0, 0.1) is 18.2 Å². The highest BCUT2D eigenvalue weighted by atomic mass is 19.1. The molecule has 1 amide bonds. The summed E-state index contributed by atoms with van der Waals surface area (Å²) < 4.78 is 13.6. The van der Waals surface area contributed by atoms with Crippen molar-refractivity contribution in [2.24, 2.45) is 5.41 Å². The summed E-state index contributed by atoms with van der Waals surface area (Å²) in [4.78, 5) is 21.7. The van der Waals surface area contributed by atoms with Crippen LogP contribution in [0.3, 0.4) is 0 Å². The van der Waals surface area contributed by atoms with Gasteiger partial charge in [0.1, 0.15) is 11.6 Å². The normalized spacial score (nSPS) is 26.2. The highest BCUT2D eigenvalue weighted by molar-refractivity contribution is 5.84. The minimum Gasteiger partial charge on any atom is -0.356 e. The van der Waals surface area contributed by atoms with Crippen molar-refractivity contribution >= 4 is 22.6 Å². The lowest BCUT2D eigenvalue weighted by molar-refractivity contribution is -0.138. The van der Waals surface area contributed by atoms with Crippen LogP contribution < -0.4 is 4.90 Å². The average molecular weight is 367 g/mol. The number of nitrogens with zero attached hydrogens (tertiary/aromatic N) is 3. The van der Waals surface area contributed by atoms with Gasteiger partial charge in [0.15, 0.2) is 0 Å². The van der Waals surface area contributed by atoms with E-state index in [0.29, 0.717) is 18.4 Å². The Morgan fingerprint density at radius 2 is 2.04 bits per heavy atom. The van der Waals surface area contributed by atoms with Gasteiger partial charge in [0, 0.05) is 42.9 Å². The Balaban J connectivity index is 1.43. The van der Waals surface area contributed by atoms with Gasteiger partial charge >= 0.3 is 0 Å². The van der Waals surface area contributed by atoms with Gasteiger partial charge in [0.25, 0.3) is 0 Å². The Labute approximate surface area is 159 Å². The summed E-state index contributed by atoms with van der Waals surface area (Å²) in [6.07, 6.45) is 6.35. The lowest BCUT2D eigenvalue weighted by Gasteiger charge is -2.48. The molecule has 0 N–H and O–H groups in total. The molecular formula is C22H26FN3O. The third-order valence-electron chi connectivity index (χ3n) is 6.63. The summed E-state index contributed by atoms with van der Waals surface area (Å²) >= 11 is 0. The van der Waals surface area contributed by atoms with Gasteiger partial charge in [-0.05, 0) is 68.9 Å². The maximum Gasteiger partial charge on any atom is 0.222 e. The Bertz CT molecular complexity index is 910. The number of halogens is 1. The SMILES string of the molecule is Cc1cc(N2CCC[C@]3(CCC(=O)N(C4CC4)C3)C2)nc2ccc(F)cc12. The quantitative estimate of drug-likeness (QED) is 0.803. The number of hydrogen-bond acceptors (Lipinski definition) is 3. The number of aromatic nitrogens is 1. The number of aryl methyl sites for hydroxylation is 1. The molecule has 1 atom stereocenters. The molecule has 1 aliphatic carbocycles. The van der Waals surface area contributed by atoms with E-state index in [9.17, 15) is 9.18 Å². The first-order valence-electron chi connectivity index (χ1n) is 10.1. The standard InChI is InChI=1S/C22H26FN3O/c1-15-11-20(24-19-6-3-16(23)12-18(15)19)25-10-2-8-22(13-25)9-7-21(27)26(14-22)17-4-5-17/h3,6,11-12,17H,2,4-5,7-10,13-14H2,1H3/t22-/m0/s1. The van der Waals surface area contributed by atoms with Crippen molar-refractivity contribution < 1.29 is 9.18 Å². The maximum atomic E-state index is 13.6. The molecular weight excluding hydrogens is 341 g/mol. The van der Waals surface area contributed by atoms with E-state index in [1.165, 1.54) is 25.3 Å². The number of carbonyl (C=O) groups is 1. The molecule has 1 aromatic heterocycles. The summed E-state index contributed by atoms with van der Waals surface area (Å²) in [5, 5.41) is 0.883. The van der Waals surface area contributed by atoms with Gasteiger partial charge < -0.3 is 9.80 Å². The predicted molar refractivity (Wildman–Crippen MR) is 104 cm³/mol. The smallest absolute Gasteiger partial charge is 0.222 e. The zero-order chi connectivity index (χ0) is 18.6. The van der Waals surface area contributed by atoms with Crippen molar-refractivity contribution in [1.82, 2.24) is 9.88 Å². The molecule has 3 aliphatic rings. The number of carbonyl (C=O) groups excluding carboxylic acids is 1. The molecule has 1 saturated carbocycles. The fourth-order valence-electron chi connectivity index (χ4n) is 5.01. The molecule has 2 saturated heterocycles. The van der Waals surface area contributed by atoms with Crippen LogP contribution in [0.15, 0.2) is 24.3 Å². The lowest BCUT2D eigenvalue weighted by atomic mass is 9.73. The minimum absolute atomic E-state index is 0.197. The van der Waals surface area contributed by atoms with Crippen LogP contribution in [0.4, 0.5) is 10.2 Å². The van der Waals surface area contributed by atoms with Gasteiger partial charge in [-0.3, -0.25) is 4.79 Å². The fourth-order valence-corrected chi connectivity index (χ4v) is 5.01. The predicted octanol–water partition coefficient (Wildman–Crippen LogP) is 4.05. The average Bonchev–Trinajstić information content (AvgIpc) is 3.50. The summed E-state index contributed by atoms with van der Waals surface area (Å²) in [7, 11) is 0. The van der Waals surface area contributed by atoms with E-state index in [1.54, 1.807) is 12.1 Å². The summed E-state index contributed by atoms with van der Waals surface area (Å²) in [5.74, 6) is 1.12. The fraction of sp³-hybridized carbons (Fsp3) is 0.545. The van der Waals surface area contributed by atoms with E-state index in [0.717, 1.165) is 54.8 Å². The Kier molecular flexibility index (Phi) is 3.88. The number of benzene rings is 1. The highest BCUT2D eigenvalue weighted by Crippen LogP contribution is 2.43. The molecule has 1 spiro atoms.